The van der Waals surface area contributed by atoms with Crippen LogP contribution in [0.1, 0.15) is 5.56 Å². The summed E-state index contributed by atoms with van der Waals surface area (Å²) < 4.78 is 4.79. The molecule has 0 fully saturated rings. The number of carbonyl (C=O) groups is 2. The first-order chi connectivity index (χ1) is 10.2. The Labute approximate surface area is 124 Å². The van der Waals surface area contributed by atoms with Gasteiger partial charge < -0.3 is 15.4 Å². The van der Waals surface area contributed by atoms with Crippen LogP contribution in [0.3, 0.4) is 0 Å². The summed E-state index contributed by atoms with van der Waals surface area (Å²) in [6, 6.07) is 11.2. The molecule has 1 aromatic carbocycles. The summed E-state index contributed by atoms with van der Waals surface area (Å²) in [4.78, 5) is 23.3. The Morgan fingerprint density at radius 2 is 2.00 bits per heavy atom. The Morgan fingerprint density at radius 1 is 1.29 bits per heavy atom. The fraction of sp³-hybridized carbons (Fsp3) is 0.400. The van der Waals surface area contributed by atoms with Gasteiger partial charge in [0.1, 0.15) is 5.92 Å². The second kappa shape index (κ2) is 9.50. The van der Waals surface area contributed by atoms with Crippen molar-refractivity contribution >= 4 is 11.8 Å². The Bertz CT molecular complexity index is 497. The van der Waals surface area contributed by atoms with Crippen LogP contribution in [0.25, 0.3) is 0 Å². The molecule has 0 bridgehead atoms. The highest BCUT2D eigenvalue weighted by atomic mass is 16.5. The number of amides is 2. The maximum absolute atomic E-state index is 11.9. The Kier molecular flexibility index (Phi) is 7.54. The first kappa shape index (κ1) is 16.7. The summed E-state index contributed by atoms with van der Waals surface area (Å²) in [6.45, 7) is 0.654. The second-order valence-electron chi connectivity index (χ2n) is 4.43. The van der Waals surface area contributed by atoms with Crippen molar-refractivity contribution < 1.29 is 14.3 Å². The highest BCUT2D eigenvalue weighted by Crippen LogP contribution is 2.08. The van der Waals surface area contributed by atoms with Crippen LogP contribution in [0, 0.1) is 17.2 Å². The summed E-state index contributed by atoms with van der Waals surface area (Å²) in [5.74, 6) is -1.56. The monoisotopic (exact) mass is 289 g/mol. The summed E-state index contributed by atoms with van der Waals surface area (Å²) >= 11 is 0. The molecule has 0 radical (unpaired) electrons. The molecule has 2 N–H and O–H groups in total. The molecule has 112 valence electrons. The van der Waals surface area contributed by atoms with E-state index in [1.165, 1.54) is 7.11 Å². The van der Waals surface area contributed by atoms with Gasteiger partial charge in [-0.2, -0.15) is 5.26 Å². The normalized spacial score (nSPS) is 11.2. The molecule has 6 heteroatoms. The lowest BCUT2D eigenvalue weighted by atomic mass is 10.00. The number of benzene rings is 1. The van der Waals surface area contributed by atoms with Gasteiger partial charge in [0.15, 0.2) is 0 Å². The van der Waals surface area contributed by atoms with E-state index >= 15 is 0 Å². The Hall–Kier alpha value is -2.39. The van der Waals surface area contributed by atoms with Crippen molar-refractivity contribution in [2.45, 2.75) is 6.42 Å². The first-order valence-corrected chi connectivity index (χ1v) is 6.64. The van der Waals surface area contributed by atoms with Gasteiger partial charge in [-0.1, -0.05) is 30.3 Å². The van der Waals surface area contributed by atoms with Gasteiger partial charge in [-0.05, 0) is 12.0 Å². The first-order valence-electron chi connectivity index (χ1n) is 6.64. The minimum absolute atomic E-state index is 0.143. The molecule has 21 heavy (non-hydrogen) atoms. The van der Waals surface area contributed by atoms with Gasteiger partial charge in [-0.25, -0.2) is 0 Å². The van der Waals surface area contributed by atoms with Crippen LogP contribution in [0.2, 0.25) is 0 Å². The van der Waals surface area contributed by atoms with E-state index in [9.17, 15) is 9.59 Å². The molecule has 6 nitrogen and oxygen atoms in total. The van der Waals surface area contributed by atoms with E-state index in [1.54, 1.807) is 0 Å². The lowest BCUT2D eigenvalue weighted by Gasteiger charge is -2.10. The molecule has 1 atom stereocenters. The van der Waals surface area contributed by atoms with Gasteiger partial charge >= 0.3 is 0 Å². The Balaban J connectivity index is 2.38. The van der Waals surface area contributed by atoms with Crippen molar-refractivity contribution in [3.05, 3.63) is 35.9 Å². The number of rotatable bonds is 8. The number of nitrogens with zero attached hydrogens (tertiary/aromatic N) is 1. The number of methoxy groups -OCH3 is 1. The molecule has 2 amide bonds. The molecule has 0 spiro atoms. The third kappa shape index (κ3) is 6.54. The average Bonchev–Trinajstić information content (AvgIpc) is 2.51. The van der Waals surface area contributed by atoms with Crippen molar-refractivity contribution in [2.75, 3.05) is 26.8 Å². The number of nitriles is 1. The number of ether oxygens (including phenoxy) is 1. The van der Waals surface area contributed by atoms with Crippen molar-refractivity contribution in [3.63, 3.8) is 0 Å². The van der Waals surface area contributed by atoms with E-state index in [4.69, 9.17) is 10.00 Å². The predicted molar refractivity (Wildman–Crippen MR) is 77.1 cm³/mol. The summed E-state index contributed by atoms with van der Waals surface area (Å²) in [7, 11) is 1.54. The van der Waals surface area contributed by atoms with Crippen LogP contribution >= 0.6 is 0 Å². The molecular formula is C15H19N3O3. The molecule has 0 aliphatic carbocycles. The quantitative estimate of drug-likeness (QED) is 0.671. The molecule has 0 saturated carbocycles. The maximum Gasteiger partial charge on any atom is 0.239 e. The third-order valence-corrected chi connectivity index (χ3v) is 2.81. The Morgan fingerprint density at radius 3 is 2.62 bits per heavy atom. The van der Waals surface area contributed by atoms with Crippen LogP contribution in [0.15, 0.2) is 30.3 Å². The molecule has 1 rings (SSSR count). The molecule has 0 aromatic heterocycles. The fourth-order valence-corrected chi connectivity index (χ4v) is 1.69. The zero-order valence-corrected chi connectivity index (χ0v) is 12.0. The standard InChI is InChI=1S/C15H19N3O3/c1-21-8-7-17-14(19)11-18-15(20)13(10-16)9-12-5-3-2-4-6-12/h2-6,13H,7-9,11H2,1H3,(H,17,19)(H,18,20). The van der Waals surface area contributed by atoms with Crippen molar-refractivity contribution in [2.24, 2.45) is 5.92 Å². The molecule has 1 aromatic rings. The largest absolute Gasteiger partial charge is 0.383 e. The number of carbonyl (C=O) groups excluding carboxylic acids is 2. The van der Waals surface area contributed by atoms with Crippen LogP contribution in [-0.2, 0) is 20.7 Å². The van der Waals surface area contributed by atoms with Gasteiger partial charge in [-0.15, -0.1) is 0 Å². The molecule has 0 saturated heterocycles. The van der Waals surface area contributed by atoms with Crippen LogP contribution in [0.4, 0.5) is 0 Å². The van der Waals surface area contributed by atoms with Gasteiger partial charge in [0.25, 0.3) is 0 Å². The lowest BCUT2D eigenvalue weighted by molar-refractivity contribution is -0.127. The summed E-state index contributed by atoms with van der Waals surface area (Å²) in [5, 5.41) is 14.1. The SMILES string of the molecule is COCCNC(=O)CNC(=O)C(C#N)Cc1ccccc1. The van der Waals surface area contributed by atoms with E-state index in [0.29, 0.717) is 19.6 Å². The van der Waals surface area contributed by atoms with Crippen molar-refractivity contribution in [1.82, 2.24) is 10.6 Å². The summed E-state index contributed by atoms with van der Waals surface area (Å²) in [6.07, 6.45) is 0.328. The van der Waals surface area contributed by atoms with Gasteiger partial charge in [0.05, 0.1) is 19.2 Å². The fourth-order valence-electron chi connectivity index (χ4n) is 1.69. The zero-order chi connectivity index (χ0) is 15.5. The van der Waals surface area contributed by atoms with Gasteiger partial charge in [0.2, 0.25) is 11.8 Å². The highest BCUT2D eigenvalue weighted by molar-refractivity contribution is 5.87. The molecule has 0 aliphatic heterocycles. The van der Waals surface area contributed by atoms with E-state index in [1.807, 2.05) is 36.4 Å². The smallest absolute Gasteiger partial charge is 0.239 e. The lowest BCUT2D eigenvalue weighted by Crippen LogP contribution is -2.40. The molecule has 1 unspecified atom stereocenters. The second-order valence-corrected chi connectivity index (χ2v) is 4.43. The number of nitrogens with one attached hydrogen (secondary N) is 2. The molecule has 0 heterocycles. The van der Waals surface area contributed by atoms with E-state index in [2.05, 4.69) is 10.6 Å². The van der Waals surface area contributed by atoms with Crippen LogP contribution < -0.4 is 10.6 Å². The van der Waals surface area contributed by atoms with E-state index in [0.717, 1.165) is 5.56 Å². The minimum atomic E-state index is -0.806. The molecular weight excluding hydrogens is 270 g/mol. The number of hydrogen-bond donors (Lipinski definition) is 2. The summed E-state index contributed by atoms with van der Waals surface area (Å²) in [5.41, 5.74) is 0.906. The van der Waals surface area contributed by atoms with E-state index in [-0.39, 0.29) is 12.5 Å². The number of hydrogen-bond acceptors (Lipinski definition) is 4. The topological polar surface area (TPSA) is 91.2 Å². The van der Waals surface area contributed by atoms with Gasteiger partial charge in [0, 0.05) is 13.7 Å². The molecule has 0 aliphatic rings. The van der Waals surface area contributed by atoms with Gasteiger partial charge in [-0.3, -0.25) is 9.59 Å². The maximum atomic E-state index is 11.9. The van der Waals surface area contributed by atoms with Crippen LogP contribution in [-0.4, -0.2) is 38.6 Å². The third-order valence-electron chi connectivity index (χ3n) is 2.81. The van der Waals surface area contributed by atoms with Crippen molar-refractivity contribution in [3.8, 4) is 6.07 Å². The highest BCUT2D eigenvalue weighted by Gasteiger charge is 2.18. The predicted octanol–water partition coefficient (Wildman–Crippen LogP) is 0.248. The van der Waals surface area contributed by atoms with Crippen LogP contribution in [0.5, 0.6) is 0 Å². The minimum Gasteiger partial charge on any atom is -0.383 e. The average molecular weight is 289 g/mol. The van der Waals surface area contributed by atoms with E-state index < -0.39 is 11.8 Å². The van der Waals surface area contributed by atoms with Crippen molar-refractivity contribution in [1.29, 1.82) is 5.26 Å². The zero-order valence-electron chi connectivity index (χ0n) is 12.0.